The number of rotatable bonds is 5. The Hall–Kier alpha value is -2.30. The maximum Gasteiger partial charge on any atom is 0.410 e. The Kier molecular flexibility index (Phi) is 7.60. The highest BCUT2D eigenvalue weighted by atomic mass is 35.5. The van der Waals surface area contributed by atoms with E-state index in [0.29, 0.717) is 45.2 Å². The number of halogens is 1. The molecule has 1 amide bonds. The largest absolute Gasteiger partial charge is 0.489 e. The fourth-order valence-corrected chi connectivity index (χ4v) is 3.99. The van der Waals surface area contributed by atoms with Gasteiger partial charge in [0.2, 0.25) is 0 Å². The number of piperazine rings is 1. The molecule has 2 saturated heterocycles. The van der Waals surface area contributed by atoms with E-state index in [9.17, 15) is 14.7 Å². The third-order valence-electron chi connectivity index (χ3n) is 5.40. The van der Waals surface area contributed by atoms with Crippen LogP contribution < -0.4 is 15.0 Å². The molecule has 2 N–H and O–H groups in total. The number of aromatic nitrogens is 1. The minimum absolute atomic E-state index is 0.0105. The van der Waals surface area contributed by atoms with Crippen LogP contribution in [0.2, 0.25) is 5.15 Å². The Labute approximate surface area is 199 Å². The van der Waals surface area contributed by atoms with Crippen LogP contribution in [-0.2, 0) is 9.47 Å². The first-order valence-electron chi connectivity index (χ1n) is 11.0. The van der Waals surface area contributed by atoms with Crippen LogP contribution in [0.25, 0.3) is 0 Å². The maximum absolute atomic E-state index is 12.4. The van der Waals surface area contributed by atoms with E-state index in [2.05, 4.69) is 10.3 Å². The van der Waals surface area contributed by atoms with Crippen LogP contribution >= 0.6 is 11.6 Å². The second kappa shape index (κ2) is 9.90. The first-order valence-corrected chi connectivity index (χ1v) is 11.4. The number of carboxylic acids is 1. The van der Waals surface area contributed by atoms with E-state index >= 15 is 0 Å². The first kappa shape index (κ1) is 25.3. The molecule has 10 nitrogen and oxygen atoms in total. The molecule has 1 aromatic heterocycles. The SMILES string of the molecule is CC(C)(C)OC(=O)N1CCNC(COc2cc(C(=O)O)c(N3CCOCC3(C)C)nc2Cl)C1. The van der Waals surface area contributed by atoms with Crippen molar-refractivity contribution in [3.63, 3.8) is 0 Å². The number of aromatic carboxylic acids is 1. The van der Waals surface area contributed by atoms with Gasteiger partial charge < -0.3 is 34.4 Å². The molecule has 1 atom stereocenters. The summed E-state index contributed by atoms with van der Waals surface area (Å²) in [5, 5.41) is 13.2. The van der Waals surface area contributed by atoms with E-state index in [1.165, 1.54) is 6.07 Å². The Morgan fingerprint density at radius 2 is 2.09 bits per heavy atom. The number of hydrogen-bond acceptors (Lipinski definition) is 8. The number of nitrogens with zero attached hydrogens (tertiary/aromatic N) is 3. The molecule has 0 radical (unpaired) electrons. The number of carbonyl (C=O) groups excluding carboxylic acids is 1. The fourth-order valence-electron chi connectivity index (χ4n) is 3.80. The van der Waals surface area contributed by atoms with E-state index in [1.807, 2.05) is 39.5 Å². The second-order valence-corrected chi connectivity index (χ2v) is 10.2. The van der Waals surface area contributed by atoms with Gasteiger partial charge in [-0.05, 0) is 34.6 Å². The van der Waals surface area contributed by atoms with Gasteiger partial charge in [0.15, 0.2) is 10.9 Å². The number of morpholine rings is 1. The quantitative estimate of drug-likeness (QED) is 0.608. The van der Waals surface area contributed by atoms with Gasteiger partial charge in [-0.3, -0.25) is 0 Å². The predicted octanol–water partition coefficient (Wildman–Crippen LogP) is 2.64. The lowest BCUT2D eigenvalue weighted by atomic mass is 10.0. The third-order valence-corrected chi connectivity index (χ3v) is 5.67. The summed E-state index contributed by atoms with van der Waals surface area (Å²) in [6, 6.07) is 1.24. The number of ether oxygens (including phenoxy) is 3. The molecule has 0 bridgehead atoms. The van der Waals surface area contributed by atoms with E-state index in [1.54, 1.807) is 4.90 Å². The Bertz CT molecular complexity index is 888. The molecule has 3 heterocycles. The van der Waals surface area contributed by atoms with Crippen molar-refractivity contribution in [3.8, 4) is 5.75 Å². The highest BCUT2D eigenvalue weighted by Gasteiger charge is 2.35. The van der Waals surface area contributed by atoms with Crippen molar-refractivity contribution in [1.82, 2.24) is 15.2 Å². The van der Waals surface area contributed by atoms with Gasteiger partial charge in [-0.15, -0.1) is 0 Å². The summed E-state index contributed by atoms with van der Waals surface area (Å²) >= 11 is 6.40. The number of amides is 1. The van der Waals surface area contributed by atoms with Crippen LogP contribution in [0.3, 0.4) is 0 Å². The highest BCUT2D eigenvalue weighted by Crippen LogP contribution is 2.34. The molecule has 0 aromatic carbocycles. The Balaban J connectivity index is 1.72. The topological polar surface area (TPSA) is 113 Å². The molecule has 1 unspecified atom stereocenters. The summed E-state index contributed by atoms with van der Waals surface area (Å²) in [4.78, 5) is 32.3. The summed E-state index contributed by atoms with van der Waals surface area (Å²) in [6.45, 7) is 12.5. The molecule has 2 aliphatic heterocycles. The molecule has 33 heavy (non-hydrogen) atoms. The minimum atomic E-state index is -1.12. The summed E-state index contributed by atoms with van der Waals surface area (Å²) in [5.41, 5.74) is -0.994. The predicted molar refractivity (Wildman–Crippen MR) is 124 cm³/mol. The number of anilines is 1. The number of pyridine rings is 1. The van der Waals surface area contributed by atoms with Crippen molar-refractivity contribution in [2.75, 3.05) is 50.9 Å². The zero-order valence-electron chi connectivity index (χ0n) is 19.8. The minimum Gasteiger partial charge on any atom is -0.489 e. The highest BCUT2D eigenvalue weighted by molar-refractivity contribution is 6.31. The van der Waals surface area contributed by atoms with Gasteiger partial charge in [-0.2, -0.15) is 0 Å². The maximum atomic E-state index is 12.4. The molecule has 184 valence electrons. The van der Waals surface area contributed by atoms with E-state index < -0.39 is 17.1 Å². The van der Waals surface area contributed by atoms with Crippen molar-refractivity contribution in [1.29, 1.82) is 0 Å². The van der Waals surface area contributed by atoms with Crippen molar-refractivity contribution in [3.05, 3.63) is 16.8 Å². The summed E-state index contributed by atoms with van der Waals surface area (Å²) < 4.78 is 16.8. The Morgan fingerprint density at radius 3 is 2.73 bits per heavy atom. The molecule has 0 aliphatic carbocycles. The third kappa shape index (κ3) is 6.39. The molecular formula is C22H33ClN4O6. The van der Waals surface area contributed by atoms with Crippen LogP contribution in [0.15, 0.2) is 6.07 Å². The van der Waals surface area contributed by atoms with Gasteiger partial charge in [0, 0.05) is 32.2 Å². The molecule has 3 rings (SSSR count). The smallest absolute Gasteiger partial charge is 0.410 e. The summed E-state index contributed by atoms with van der Waals surface area (Å²) in [5.74, 6) is -0.645. The van der Waals surface area contributed by atoms with E-state index in [4.69, 9.17) is 25.8 Å². The standard InChI is InChI=1S/C22H33ClN4O6/c1-21(2,3)33-20(30)26-7-6-24-14(11-26)12-32-16-10-15(19(28)29)18(25-17(16)23)27-8-9-31-13-22(27,4)5/h10,14,24H,6-9,11-13H2,1-5H3,(H,28,29). The van der Waals surface area contributed by atoms with Crippen LogP contribution in [0.4, 0.5) is 10.6 Å². The Morgan fingerprint density at radius 1 is 1.36 bits per heavy atom. The lowest BCUT2D eigenvalue weighted by molar-refractivity contribution is 0.0178. The van der Waals surface area contributed by atoms with Gasteiger partial charge in [0.1, 0.15) is 23.6 Å². The molecular weight excluding hydrogens is 452 g/mol. The molecule has 11 heteroatoms. The van der Waals surface area contributed by atoms with Gasteiger partial charge in [0.05, 0.1) is 24.8 Å². The van der Waals surface area contributed by atoms with Crippen LogP contribution in [-0.4, -0.2) is 90.2 Å². The van der Waals surface area contributed by atoms with Gasteiger partial charge in [-0.1, -0.05) is 11.6 Å². The second-order valence-electron chi connectivity index (χ2n) is 9.86. The van der Waals surface area contributed by atoms with E-state index in [0.717, 1.165) is 0 Å². The van der Waals surface area contributed by atoms with Crippen molar-refractivity contribution in [2.24, 2.45) is 0 Å². The normalized spacial score (nSPS) is 21.0. The van der Waals surface area contributed by atoms with E-state index in [-0.39, 0.29) is 35.2 Å². The molecule has 2 aliphatic rings. The average molecular weight is 485 g/mol. The monoisotopic (exact) mass is 484 g/mol. The van der Waals surface area contributed by atoms with Crippen LogP contribution in [0, 0.1) is 0 Å². The van der Waals surface area contributed by atoms with Gasteiger partial charge in [0.25, 0.3) is 0 Å². The zero-order valence-corrected chi connectivity index (χ0v) is 20.6. The molecule has 1 aromatic rings. The van der Waals surface area contributed by atoms with Crippen molar-refractivity contribution >= 4 is 29.5 Å². The van der Waals surface area contributed by atoms with Gasteiger partial charge >= 0.3 is 12.1 Å². The number of carbonyl (C=O) groups is 2. The fraction of sp³-hybridized carbons (Fsp3) is 0.682. The summed E-state index contributed by atoms with van der Waals surface area (Å²) in [6.07, 6.45) is -0.376. The first-order chi connectivity index (χ1) is 15.4. The van der Waals surface area contributed by atoms with Crippen LogP contribution in [0.5, 0.6) is 5.75 Å². The lowest BCUT2D eigenvalue weighted by Crippen LogP contribution is -2.55. The van der Waals surface area contributed by atoms with Crippen molar-refractivity contribution in [2.45, 2.75) is 51.8 Å². The summed E-state index contributed by atoms with van der Waals surface area (Å²) in [7, 11) is 0. The molecule has 0 spiro atoms. The van der Waals surface area contributed by atoms with Gasteiger partial charge in [-0.25, -0.2) is 14.6 Å². The molecule has 2 fully saturated rings. The van der Waals surface area contributed by atoms with Crippen molar-refractivity contribution < 1.29 is 28.9 Å². The lowest BCUT2D eigenvalue weighted by Gasteiger charge is -2.43. The number of nitrogens with one attached hydrogen (secondary N) is 1. The number of hydrogen-bond donors (Lipinski definition) is 2. The average Bonchev–Trinajstić information content (AvgIpc) is 2.71. The zero-order chi connectivity index (χ0) is 24.4. The molecule has 0 saturated carbocycles. The van der Waals surface area contributed by atoms with Crippen LogP contribution in [0.1, 0.15) is 45.0 Å². The number of carboxylic acid groups (broad SMARTS) is 1.